The number of rotatable bonds is 7. The Hall–Kier alpha value is -4.88. The third-order valence-corrected chi connectivity index (χ3v) is 10.9. The van der Waals surface area contributed by atoms with Crippen molar-refractivity contribution in [3.05, 3.63) is 63.2 Å². The zero-order valence-corrected chi connectivity index (χ0v) is 31.3. The average molecular weight is 790 g/mol. The van der Waals surface area contributed by atoms with Crippen LogP contribution in [-0.4, -0.2) is 104 Å². The number of fused-ring (bicyclic) bond motifs is 3. The third kappa shape index (κ3) is 6.52. The SMILES string of the molecule is COc1cccc2c1C(=O)c1c(O)c3c(c(O)c1C2=O)C[C@@](O)(C(C)=O)C[C@@H]3O[C@H]1C[C@H](NC(=O)C(F)(F)F)[C@H](OC(=O)C2=CC(C)(C)N([O])C2(C)C)[C@H](C)O1. The van der Waals surface area contributed by atoms with Gasteiger partial charge in [-0.3, -0.25) is 19.2 Å². The molecule has 1 saturated heterocycles. The van der Waals surface area contributed by atoms with E-state index in [1.54, 1.807) is 13.8 Å². The second-order valence-corrected chi connectivity index (χ2v) is 15.5. The summed E-state index contributed by atoms with van der Waals surface area (Å²) < 4.78 is 63.8. The number of ketones is 3. The van der Waals surface area contributed by atoms with Gasteiger partial charge in [-0.2, -0.15) is 13.2 Å². The summed E-state index contributed by atoms with van der Waals surface area (Å²) in [7, 11) is 1.26. The Balaban J connectivity index is 1.38. The fraction of sp³-hybridized carbons (Fsp3) is 0.500. The lowest BCUT2D eigenvalue weighted by molar-refractivity contribution is -0.255. The first-order valence-electron chi connectivity index (χ1n) is 17.6. The predicted octanol–water partition coefficient (Wildman–Crippen LogP) is 3.44. The Morgan fingerprint density at radius 3 is 2.23 bits per heavy atom. The molecule has 18 heteroatoms. The molecule has 56 heavy (non-hydrogen) atoms. The monoisotopic (exact) mass is 789 g/mol. The molecule has 15 nitrogen and oxygen atoms in total. The van der Waals surface area contributed by atoms with E-state index >= 15 is 0 Å². The lowest BCUT2D eigenvalue weighted by Gasteiger charge is -2.43. The lowest BCUT2D eigenvalue weighted by atomic mass is 9.72. The number of hydroxylamine groups is 2. The minimum atomic E-state index is -5.37. The molecule has 0 bridgehead atoms. The Kier molecular flexibility index (Phi) is 9.94. The standard InChI is InChI=1S/C38H40F3N2O13/c1-15-32(56-33(49)19-13-35(3,4)43(52)36(19,5)6)20(42-34(50)38(39,40)41)11-23(54-15)55-22-14-37(51,16(2)44)12-18-25(22)31(48)27-26(29(18)46)28(45)17-9-8-10-21(53-7)24(17)30(27)47/h8-10,13,15,20,22-23,32,46,48,51H,11-12,14H2,1-7H3,(H,42,50)/t15-,20-,22-,23-,32+,37-/m0/s1. The zero-order valence-electron chi connectivity index (χ0n) is 31.3. The molecule has 2 aromatic carbocycles. The van der Waals surface area contributed by atoms with Crippen molar-refractivity contribution in [2.75, 3.05) is 7.11 Å². The zero-order chi connectivity index (χ0) is 41.6. The van der Waals surface area contributed by atoms with E-state index in [0.717, 1.165) is 6.92 Å². The number of esters is 1. The average Bonchev–Trinajstić information content (AvgIpc) is 3.27. The number of amides is 1. The Morgan fingerprint density at radius 1 is 1.02 bits per heavy atom. The number of methoxy groups -OCH3 is 1. The van der Waals surface area contributed by atoms with E-state index in [0.29, 0.717) is 5.06 Å². The van der Waals surface area contributed by atoms with Crippen molar-refractivity contribution in [1.82, 2.24) is 10.4 Å². The van der Waals surface area contributed by atoms with Gasteiger partial charge in [-0.05, 0) is 53.7 Å². The summed E-state index contributed by atoms with van der Waals surface area (Å²) in [4.78, 5) is 66.3. The number of aromatic hydroxyl groups is 2. The fourth-order valence-corrected chi connectivity index (χ4v) is 8.10. The van der Waals surface area contributed by atoms with Crippen LogP contribution in [0.1, 0.15) is 103 Å². The van der Waals surface area contributed by atoms with Gasteiger partial charge < -0.3 is 39.6 Å². The summed E-state index contributed by atoms with van der Waals surface area (Å²) >= 11 is 0. The summed E-state index contributed by atoms with van der Waals surface area (Å²) in [6.07, 6.45) is -12.0. The molecular weight excluding hydrogens is 749 g/mol. The molecule has 0 unspecified atom stereocenters. The van der Waals surface area contributed by atoms with Crippen LogP contribution in [0, 0.1) is 0 Å². The van der Waals surface area contributed by atoms with E-state index in [2.05, 4.69) is 0 Å². The number of hydrogen-bond acceptors (Lipinski definition) is 13. The number of carbonyl (C=O) groups is 5. The number of phenolic OH excluding ortho intramolecular Hbond substituents is 2. The molecule has 2 aliphatic carbocycles. The number of nitrogens with one attached hydrogen (secondary N) is 1. The molecular formula is C38H40F3N2O13. The van der Waals surface area contributed by atoms with Crippen LogP contribution in [0.5, 0.6) is 17.2 Å². The largest absolute Gasteiger partial charge is 0.507 e. The van der Waals surface area contributed by atoms with E-state index in [1.807, 2.05) is 5.32 Å². The molecule has 4 N–H and O–H groups in total. The molecule has 301 valence electrons. The van der Waals surface area contributed by atoms with Crippen molar-refractivity contribution < 1.29 is 76.6 Å². The summed E-state index contributed by atoms with van der Waals surface area (Å²) in [6.45, 7) is 8.38. The number of benzene rings is 2. The first-order chi connectivity index (χ1) is 25.8. The number of ether oxygens (including phenoxy) is 4. The van der Waals surface area contributed by atoms with Crippen molar-refractivity contribution in [2.45, 2.75) is 114 Å². The number of nitrogens with zero attached hydrogens (tertiary/aromatic N) is 1. The number of Topliss-reactive ketones (excluding diaryl/α,β-unsaturated/α-hetero) is 1. The van der Waals surface area contributed by atoms with Gasteiger partial charge in [0.2, 0.25) is 5.78 Å². The number of phenols is 2. The molecule has 2 heterocycles. The van der Waals surface area contributed by atoms with Crippen LogP contribution < -0.4 is 10.1 Å². The van der Waals surface area contributed by atoms with Crippen molar-refractivity contribution in [2.24, 2.45) is 0 Å². The van der Waals surface area contributed by atoms with Gasteiger partial charge in [0, 0.05) is 36.0 Å². The van der Waals surface area contributed by atoms with Crippen molar-refractivity contribution >= 4 is 29.2 Å². The minimum absolute atomic E-state index is 0.00416. The van der Waals surface area contributed by atoms with Crippen LogP contribution in [0.4, 0.5) is 13.2 Å². The molecule has 2 aromatic rings. The first-order valence-corrected chi connectivity index (χ1v) is 17.6. The van der Waals surface area contributed by atoms with E-state index in [-0.39, 0.29) is 33.6 Å². The smallest absolute Gasteiger partial charge is 0.471 e. The normalized spacial score (nSPS) is 28.1. The molecule has 1 fully saturated rings. The van der Waals surface area contributed by atoms with E-state index in [4.69, 9.17) is 18.9 Å². The van der Waals surface area contributed by atoms with E-state index < -0.39 is 125 Å². The summed E-state index contributed by atoms with van der Waals surface area (Å²) in [5, 5.41) is 50.2. The summed E-state index contributed by atoms with van der Waals surface area (Å²) in [5.41, 5.74) is -7.09. The summed E-state index contributed by atoms with van der Waals surface area (Å²) in [5.74, 6) is -7.68. The second kappa shape index (κ2) is 13.7. The fourth-order valence-electron chi connectivity index (χ4n) is 8.10. The number of hydrogen-bond donors (Lipinski definition) is 4. The topological polar surface area (TPSA) is 218 Å². The van der Waals surface area contributed by atoms with Gasteiger partial charge in [0.1, 0.15) is 29.0 Å². The van der Waals surface area contributed by atoms with E-state index in [9.17, 15) is 57.7 Å². The van der Waals surface area contributed by atoms with Crippen LogP contribution >= 0.6 is 0 Å². The van der Waals surface area contributed by atoms with Crippen LogP contribution in [0.3, 0.4) is 0 Å². The van der Waals surface area contributed by atoms with Crippen molar-refractivity contribution in [3.63, 3.8) is 0 Å². The molecule has 6 rings (SSSR count). The number of aliphatic hydroxyl groups is 1. The van der Waals surface area contributed by atoms with Gasteiger partial charge in [0.05, 0.1) is 58.7 Å². The number of carbonyl (C=O) groups excluding carboxylic acids is 5. The Bertz CT molecular complexity index is 2090. The quantitative estimate of drug-likeness (QED) is 0.200. The number of halogens is 3. The molecule has 1 radical (unpaired) electrons. The first kappa shape index (κ1) is 40.8. The van der Waals surface area contributed by atoms with Gasteiger partial charge >= 0.3 is 18.1 Å². The van der Waals surface area contributed by atoms with Crippen LogP contribution in [0.15, 0.2) is 29.8 Å². The highest BCUT2D eigenvalue weighted by atomic mass is 19.4. The van der Waals surface area contributed by atoms with Gasteiger partial charge in [0.15, 0.2) is 17.9 Å². The van der Waals surface area contributed by atoms with Gasteiger partial charge in [-0.25, -0.2) is 4.79 Å². The molecule has 0 spiro atoms. The predicted molar refractivity (Wildman–Crippen MR) is 183 cm³/mol. The molecule has 4 aliphatic rings. The lowest BCUT2D eigenvalue weighted by Crippen LogP contribution is -2.59. The maximum atomic E-state index is 13.9. The van der Waals surface area contributed by atoms with Gasteiger partial charge in [-0.15, -0.1) is 10.3 Å². The van der Waals surface area contributed by atoms with Crippen LogP contribution in [-0.2, 0) is 40.2 Å². The highest BCUT2D eigenvalue weighted by Gasteiger charge is 2.53. The summed E-state index contributed by atoms with van der Waals surface area (Å²) in [6, 6.07) is 2.52. The molecule has 6 atom stereocenters. The van der Waals surface area contributed by atoms with Crippen molar-refractivity contribution in [3.8, 4) is 17.2 Å². The van der Waals surface area contributed by atoms with E-state index in [1.165, 1.54) is 52.2 Å². The molecule has 1 amide bonds. The van der Waals surface area contributed by atoms with Crippen LogP contribution in [0.2, 0.25) is 0 Å². The maximum absolute atomic E-state index is 13.9. The minimum Gasteiger partial charge on any atom is -0.507 e. The second-order valence-electron chi connectivity index (χ2n) is 15.5. The van der Waals surface area contributed by atoms with Gasteiger partial charge in [-0.1, -0.05) is 12.1 Å². The molecule has 0 saturated carbocycles. The van der Waals surface area contributed by atoms with Gasteiger partial charge in [0.25, 0.3) is 0 Å². The van der Waals surface area contributed by atoms with Crippen molar-refractivity contribution in [1.29, 1.82) is 0 Å². The highest BCUT2D eigenvalue weighted by molar-refractivity contribution is 6.31. The highest BCUT2D eigenvalue weighted by Crippen LogP contribution is 2.53. The maximum Gasteiger partial charge on any atom is 0.471 e. The Labute approximate surface area is 317 Å². The van der Waals surface area contributed by atoms with Crippen LogP contribution in [0.25, 0.3) is 0 Å². The molecule has 2 aliphatic heterocycles. The number of alkyl halides is 3. The Morgan fingerprint density at radius 2 is 1.66 bits per heavy atom. The molecule has 0 aromatic heterocycles. The third-order valence-electron chi connectivity index (χ3n) is 10.9.